The maximum absolute atomic E-state index is 6.02. The number of rotatable bonds is 4. The van der Waals surface area contributed by atoms with Crippen molar-refractivity contribution < 1.29 is 4.74 Å². The number of halogens is 1. The Bertz CT molecular complexity index is 398. The zero-order valence-electron chi connectivity index (χ0n) is 10.2. The van der Waals surface area contributed by atoms with E-state index < -0.39 is 0 Å². The summed E-state index contributed by atoms with van der Waals surface area (Å²) in [5.74, 6) is 0.651. The van der Waals surface area contributed by atoms with Crippen molar-refractivity contribution in [1.82, 2.24) is 5.32 Å². The molecule has 1 atom stereocenters. The smallest absolute Gasteiger partial charge is 0.170 e. The molecule has 0 spiro atoms. The topological polar surface area (TPSA) is 33.3 Å². The van der Waals surface area contributed by atoms with Gasteiger partial charge in [0.25, 0.3) is 0 Å². The van der Waals surface area contributed by atoms with Crippen LogP contribution in [0, 0.1) is 0 Å². The van der Waals surface area contributed by atoms with Gasteiger partial charge in [-0.05, 0) is 43.8 Å². The standard InChI is InChI=1S/C12H17ClN2OS/c1-4-8(2)14-12(17)15-9-5-6-11(16-3)10(13)7-9/h5-8H,4H2,1-3H3,(H2,14,15,17)/t8-/m0/s1. The Labute approximate surface area is 112 Å². The lowest BCUT2D eigenvalue weighted by Gasteiger charge is -2.15. The van der Waals surface area contributed by atoms with Crippen LogP contribution < -0.4 is 15.4 Å². The normalized spacial score (nSPS) is 11.8. The minimum Gasteiger partial charge on any atom is -0.495 e. The predicted molar refractivity (Wildman–Crippen MR) is 77.1 cm³/mol. The molecule has 0 aliphatic heterocycles. The van der Waals surface area contributed by atoms with Gasteiger partial charge in [-0.3, -0.25) is 0 Å². The van der Waals surface area contributed by atoms with Crippen LogP contribution in [0.5, 0.6) is 5.75 Å². The van der Waals surface area contributed by atoms with Gasteiger partial charge in [0.2, 0.25) is 0 Å². The second-order valence-corrected chi connectivity index (χ2v) is 4.57. The molecule has 0 amide bonds. The number of ether oxygens (including phenoxy) is 1. The highest BCUT2D eigenvalue weighted by Gasteiger charge is 2.04. The number of methoxy groups -OCH3 is 1. The largest absolute Gasteiger partial charge is 0.495 e. The second-order valence-electron chi connectivity index (χ2n) is 3.76. The molecular formula is C12H17ClN2OS. The molecule has 0 aliphatic carbocycles. The van der Waals surface area contributed by atoms with Crippen LogP contribution in [0.25, 0.3) is 0 Å². The third-order valence-corrected chi connectivity index (χ3v) is 2.91. The molecule has 17 heavy (non-hydrogen) atoms. The Morgan fingerprint density at radius 1 is 1.53 bits per heavy atom. The molecular weight excluding hydrogens is 256 g/mol. The molecule has 0 saturated carbocycles. The van der Waals surface area contributed by atoms with Gasteiger partial charge in [-0.1, -0.05) is 18.5 Å². The molecule has 0 unspecified atom stereocenters. The van der Waals surface area contributed by atoms with Gasteiger partial charge in [0.1, 0.15) is 5.75 Å². The minimum absolute atomic E-state index is 0.351. The maximum Gasteiger partial charge on any atom is 0.170 e. The van der Waals surface area contributed by atoms with Crippen molar-refractivity contribution in [3.63, 3.8) is 0 Å². The number of hydrogen-bond acceptors (Lipinski definition) is 2. The van der Waals surface area contributed by atoms with Crippen LogP contribution in [0.15, 0.2) is 18.2 Å². The summed E-state index contributed by atoms with van der Waals surface area (Å²) >= 11 is 11.2. The Morgan fingerprint density at radius 3 is 2.76 bits per heavy atom. The summed E-state index contributed by atoms with van der Waals surface area (Å²) in [6.07, 6.45) is 1.02. The van der Waals surface area contributed by atoms with E-state index in [1.165, 1.54) is 0 Å². The predicted octanol–water partition coefficient (Wildman–Crippen LogP) is 3.43. The third kappa shape index (κ3) is 4.40. The molecule has 0 aliphatic rings. The maximum atomic E-state index is 6.02. The highest BCUT2D eigenvalue weighted by atomic mass is 35.5. The lowest BCUT2D eigenvalue weighted by molar-refractivity contribution is 0.415. The molecule has 1 aromatic rings. The van der Waals surface area contributed by atoms with Gasteiger partial charge in [-0.2, -0.15) is 0 Å². The van der Waals surface area contributed by atoms with Crippen molar-refractivity contribution in [2.45, 2.75) is 26.3 Å². The first-order valence-electron chi connectivity index (χ1n) is 5.47. The molecule has 3 nitrogen and oxygen atoms in total. The Balaban J connectivity index is 2.63. The van der Waals surface area contributed by atoms with E-state index in [1.54, 1.807) is 19.2 Å². The highest BCUT2D eigenvalue weighted by molar-refractivity contribution is 7.80. The van der Waals surface area contributed by atoms with Crippen LogP contribution in [0.4, 0.5) is 5.69 Å². The first-order valence-corrected chi connectivity index (χ1v) is 6.26. The second kappa shape index (κ2) is 6.67. The van der Waals surface area contributed by atoms with Gasteiger partial charge < -0.3 is 15.4 Å². The number of thiocarbonyl (C=S) groups is 1. The number of nitrogens with one attached hydrogen (secondary N) is 2. The number of benzene rings is 1. The van der Waals surface area contributed by atoms with E-state index in [0.29, 0.717) is 21.9 Å². The monoisotopic (exact) mass is 272 g/mol. The molecule has 1 aromatic carbocycles. The van der Waals surface area contributed by atoms with Crippen LogP contribution >= 0.6 is 23.8 Å². The van der Waals surface area contributed by atoms with Crippen LogP contribution in [0.1, 0.15) is 20.3 Å². The lowest BCUT2D eigenvalue weighted by Crippen LogP contribution is -2.35. The fraction of sp³-hybridized carbons (Fsp3) is 0.417. The summed E-state index contributed by atoms with van der Waals surface area (Å²) in [6.45, 7) is 4.18. The Morgan fingerprint density at radius 2 is 2.24 bits per heavy atom. The summed E-state index contributed by atoms with van der Waals surface area (Å²) in [6, 6.07) is 5.81. The van der Waals surface area contributed by atoms with Crippen molar-refractivity contribution in [1.29, 1.82) is 0 Å². The number of anilines is 1. The van der Waals surface area contributed by atoms with E-state index in [9.17, 15) is 0 Å². The Hall–Kier alpha value is -1.00. The molecule has 0 fully saturated rings. The fourth-order valence-electron chi connectivity index (χ4n) is 1.24. The first-order chi connectivity index (χ1) is 8.06. The summed E-state index contributed by atoms with van der Waals surface area (Å²) in [5.41, 5.74) is 0.844. The van der Waals surface area contributed by atoms with Crippen molar-refractivity contribution in [3.8, 4) is 5.75 Å². The summed E-state index contributed by atoms with van der Waals surface area (Å²) < 4.78 is 5.08. The van der Waals surface area contributed by atoms with E-state index in [-0.39, 0.29) is 0 Å². The number of hydrogen-bond donors (Lipinski definition) is 2. The molecule has 0 radical (unpaired) electrons. The van der Waals surface area contributed by atoms with E-state index in [2.05, 4.69) is 24.5 Å². The van der Waals surface area contributed by atoms with Gasteiger partial charge in [0.15, 0.2) is 5.11 Å². The lowest BCUT2D eigenvalue weighted by atomic mass is 10.3. The fourth-order valence-corrected chi connectivity index (χ4v) is 1.81. The molecule has 0 aromatic heterocycles. The van der Waals surface area contributed by atoms with Crippen molar-refractivity contribution >= 4 is 34.6 Å². The van der Waals surface area contributed by atoms with E-state index >= 15 is 0 Å². The van der Waals surface area contributed by atoms with Gasteiger partial charge >= 0.3 is 0 Å². The average Bonchev–Trinajstić information content (AvgIpc) is 2.29. The van der Waals surface area contributed by atoms with Gasteiger partial charge in [-0.15, -0.1) is 0 Å². The van der Waals surface area contributed by atoms with Gasteiger partial charge in [-0.25, -0.2) is 0 Å². The van der Waals surface area contributed by atoms with E-state index in [0.717, 1.165) is 12.1 Å². The van der Waals surface area contributed by atoms with Crippen LogP contribution in [-0.2, 0) is 0 Å². The molecule has 0 bridgehead atoms. The molecule has 0 saturated heterocycles. The molecule has 0 heterocycles. The zero-order valence-corrected chi connectivity index (χ0v) is 11.8. The van der Waals surface area contributed by atoms with E-state index in [1.807, 2.05) is 6.07 Å². The molecule has 2 N–H and O–H groups in total. The third-order valence-electron chi connectivity index (χ3n) is 2.40. The zero-order chi connectivity index (χ0) is 12.8. The first kappa shape index (κ1) is 14.1. The molecule has 1 rings (SSSR count). The summed E-state index contributed by atoms with van der Waals surface area (Å²) in [7, 11) is 1.59. The molecule has 5 heteroatoms. The quantitative estimate of drug-likeness (QED) is 0.823. The van der Waals surface area contributed by atoms with Crippen molar-refractivity contribution in [3.05, 3.63) is 23.2 Å². The summed E-state index contributed by atoms with van der Waals surface area (Å²) in [5, 5.41) is 7.41. The highest BCUT2D eigenvalue weighted by Crippen LogP contribution is 2.27. The van der Waals surface area contributed by atoms with Gasteiger partial charge in [0.05, 0.1) is 12.1 Å². The van der Waals surface area contributed by atoms with Crippen LogP contribution in [-0.4, -0.2) is 18.3 Å². The van der Waals surface area contributed by atoms with Crippen molar-refractivity contribution in [2.75, 3.05) is 12.4 Å². The SMILES string of the molecule is CC[C@H](C)NC(=S)Nc1ccc(OC)c(Cl)c1. The van der Waals surface area contributed by atoms with Gasteiger partial charge in [0, 0.05) is 11.7 Å². The van der Waals surface area contributed by atoms with Crippen LogP contribution in [0.2, 0.25) is 5.02 Å². The minimum atomic E-state index is 0.351. The van der Waals surface area contributed by atoms with E-state index in [4.69, 9.17) is 28.6 Å². The molecule has 94 valence electrons. The summed E-state index contributed by atoms with van der Waals surface area (Å²) in [4.78, 5) is 0. The Kier molecular flexibility index (Phi) is 5.51. The van der Waals surface area contributed by atoms with Crippen molar-refractivity contribution in [2.24, 2.45) is 0 Å². The average molecular weight is 273 g/mol. The van der Waals surface area contributed by atoms with Crippen LogP contribution in [0.3, 0.4) is 0 Å².